The van der Waals surface area contributed by atoms with Gasteiger partial charge < -0.3 is 15.0 Å². The topological polar surface area (TPSA) is 96.0 Å². The molecule has 0 spiro atoms. The van der Waals surface area contributed by atoms with Crippen LogP contribution in [0, 0.1) is 17.8 Å². The Kier molecular flexibility index (Phi) is 7.95. The molecule has 0 radical (unpaired) electrons. The van der Waals surface area contributed by atoms with Crippen LogP contribution in [0.15, 0.2) is 29.2 Å². The Morgan fingerprint density at radius 3 is 2.31 bits per heavy atom. The smallest absolute Gasteiger partial charge is 0.251 e. The number of piperidine rings is 1. The van der Waals surface area contributed by atoms with Crippen molar-refractivity contribution in [3.63, 3.8) is 0 Å². The minimum absolute atomic E-state index is 0.0677. The summed E-state index contributed by atoms with van der Waals surface area (Å²) in [4.78, 5) is 28.2. The number of ether oxygens (including phenoxy) is 1. The molecule has 9 heteroatoms. The monoisotopic (exact) mass is 465 g/mol. The number of morpholine rings is 1. The van der Waals surface area contributed by atoms with E-state index in [0.29, 0.717) is 38.1 Å². The number of likely N-dealkylation sites (tertiary alicyclic amines) is 1. The van der Waals surface area contributed by atoms with Crippen molar-refractivity contribution in [3.8, 4) is 0 Å². The molecule has 0 aromatic heterocycles. The van der Waals surface area contributed by atoms with Gasteiger partial charge in [-0.2, -0.15) is 4.31 Å². The molecule has 3 rings (SSSR count). The fourth-order valence-electron chi connectivity index (χ4n) is 4.51. The zero-order valence-corrected chi connectivity index (χ0v) is 20.2. The summed E-state index contributed by atoms with van der Waals surface area (Å²) in [5.74, 6) is 0.221. The lowest BCUT2D eigenvalue weighted by molar-refractivity contribution is -0.137. The van der Waals surface area contributed by atoms with Gasteiger partial charge in [0.15, 0.2) is 0 Å². The molecule has 2 unspecified atom stereocenters. The van der Waals surface area contributed by atoms with Gasteiger partial charge in [-0.15, -0.1) is 0 Å². The summed E-state index contributed by atoms with van der Waals surface area (Å²) in [6, 6.07) is 5.33. The maximum Gasteiger partial charge on any atom is 0.251 e. The predicted octanol–water partition coefficient (Wildman–Crippen LogP) is 1.97. The lowest BCUT2D eigenvalue weighted by atomic mass is 9.90. The first-order valence-corrected chi connectivity index (χ1v) is 12.8. The standard InChI is InChI=1S/C23H35N3O5S/c1-16(2)21(23(28)25-14-17(3)12-18(4)15-25)24-22(27)19-6-5-7-20(13-19)32(29,30)26-8-10-31-11-9-26/h5-7,13,16-18,21H,8-12,14-15H2,1-4H3,(H,24,27)/t17?,18?,21-/m0/s1. The largest absolute Gasteiger partial charge is 0.379 e. The Labute approximate surface area is 191 Å². The molecule has 2 amide bonds. The molecule has 2 aliphatic heterocycles. The Balaban J connectivity index is 1.76. The van der Waals surface area contributed by atoms with Crippen LogP contribution in [0.3, 0.4) is 0 Å². The number of nitrogens with zero attached hydrogens (tertiary/aromatic N) is 2. The molecule has 1 N–H and O–H groups in total. The molecule has 0 bridgehead atoms. The number of benzene rings is 1. The number of nitrogens with one attached hydrogen (secondary N) is 1. The number of hydrogen-bond donors (Lipinski definition) is 1. The van der Waals surface area contributed by atoms with E-state index in [1.165, 1.54) is 16.4 Å². The summed E-state index contributed by atoms with van der Waals surface area (Å²) in [6.45, 7) is 10.7. The van der Waals surface area contributed by atoms with Crippen LogP contribution in [-0.4, -0.2) is 74.9 Å². The van der Waals surface area contributed by atoms with Crippen molar-refractivity contribution in [2.24, 2.45) is 17.8 Å². The third-order valence-electron chi connectivity index (χ3n) is 6.10. The minimum atomic E-state index is -3.71. The minimum Gasteiger partial charge on any atom is -0.379 e. The summed E-state index contributed by atoms with van der Waals surface area (Å²) in [5, 5.41) is 2.86. The van der Waals surface area contributed by atoms with Gasteiger partial charge >= 0.3 is 0 Å². The van der Waals surface area contributed by atoms with E-state index in [0.717, 1.165) is 6.42 Å². The van der Waals surface area contributed by atoms with Gasteiger partial charge in [0.25, 0.3) is 5.91 Å². The van der Waals surface area contributed by atoms with Crippen LogP contribution in [0.5, 0.6) is 0 Å². The van der Waals surface area contributed by atoms with Crippen molar-refractivity contribution in [3.05, 3.63) is 29.8 Å². The number of amides is 2. The molecule has 32 heavy (non-hydrogen) atoms. The molecule has 8 nitrogen and oxygen atoms in total. The summed E-state index contributed by atoms with van der Waals surface area (Å²) in [6.07, 6.45) is 1.09. The van der Waals surface area contributed by atoms with Crippen molar-refractivity contribution in [1.82, 2.24) is 14.5 Å². The fourth-order valence-corrected chi connectivity index (χ4v) is 5.97. The van der Waals surface area contributed by atoms with E-state index in [2.05, 4.69) is 19.2 Å². The van der Waals surface area contributed by atoms with Crippen molar-refractivity contribution >= 4 is 21.8 Å². The van der Waals surface area contributed by atoms with Crippen molar-refractivity contribution < 1.29 is 22.7 Å². The summed E-state index contributed by atoms with van der Waals surface area (Å²) in [5.41, 5.74) is 0.221. The molecule has 2 fully saturated rings. The summed E-state index contributed by atoms with van der Waals surface area (Å²) >= 11 is 0. The second-order valence-electron chi connectivity index (χ2n) is 9.43. The first kappa shape index (κ1) is 24.7. The highest BCUT2D eigenvalue weighted by atomic mass is 32.2. The second-order valence-corrected chi connectivity index (χ2v) is 11.4. The fraction of sp³-hybridized carbons (Fsp3) is 0.652. The van der Waals surface area contributed by atoms with Gasteiger partial charge in [-0.25, -0.2) is 8.42 Å². The van der Waals surface area contributed by atoms with Gasteiger partial charge in [0.1, 0.15) is 6.04 Å². The number of rotatable bonds is 6. The van der Waals surface area contributed by atoms with Crippen molar-refractivity contribution in [2.45, 2.75) is 45.1 Å². The SMILES string of the molecule is CC1CC(C)CN(C(=O)[C@@H](NC(=O)c2cccc(S(=O)(=O)N3CCOCC3)c2)C(C)C)C1. The van der Waals surface area contributed by atoms with Crippen LogP contribution >= 0.6 is 0 Å². The molecule has 2 heterocycles. The quantitative estimate of drug-likeness (QED) is 0.693. The highest BCUT2D eigenvalue weighted by Gasteiger charge is 2.33. The molecule has 0 saturated carbocycles. The highest BCUT2D eigenvalue weighted by Crippen LogP contribution is 2.23. The molecule has 3 atom stereocenters. The Hall–Kier alpha value is -1.97. The van der Waals surface area contributed by atoms with Crippen LogP contribution in [0.2, 0.25) is 0 Å². The summed E-state index contributed by atoms with van der Waals surface area (Å²) < 4.78 is 32.5. The van der Waals surface area contributed by atoms with E-state index in [4.69, 9.17) is 4.74 Å². The van der Waals surface area contributed by atoms with Gasteiger partial charge in [-0.3, -0.25) is 9.59 Å². The lowest BCUT2D eigenvalue weighted by Crippen LogP contribution is -2.54. The molecular formula is C23H35N3O5S. The number of hydrogen-bond acceptors (Lipinski definition) is 5. The van der Waals surface area contributed by atoms with Crippen LogP contribution in [0.25, 0.3) is 0 Å². The highest BCUT2D eigenvalue weighted by molar-refractivity contribution is 7.89. The third kappa shape index (κ3) is 5.68. The Morgan fingerprint density at radius 2 is 1.72 bits per heavy atom. The zero-order valence-electron chi connectivity index (χ0n) is 19.4. The first-order valence-electron chi connectivity index (χ1n) is 11.4. The van der Waals surface area contributed by atoms with E-state index >= 15 is 0 Å². The van der Waals surface area contributed by atoms with Gasteiger partial charge in [0.05, 0.1) is 18.1 Å². The van der Waals surface area contributed by atoms with Crippen LogP contribution < -0.4 is 5.32 Å². The molecule has 178 valence electrons. The Morgan fingerprint density at radius 1 is 1.09 bits per heavy atom. The van der Waals surface area contributed by atoms with Gasteiger partial charge in [-0.05, 0) is 42.4 Å². The maximum atomic E-state index is 13.2. The molecular weight excluding hydrogens is 430 g/mol. The molecule has 2 saturated heterocycles. The predicted molar refractivity (Wildman–Crippen MR) is 122 cm³/mol. The molecule has 0 aliphatic carbocycles. The van der Waals surface area contributed by atoms with Crippen LogP contribution in [-0.2, 0) is 19.6 Å². The van der Waals surface area contributed by atoms with E-state index in [-0.39, 0.29) is 35.4 Å². The van der Waals surface area contributed by atoms with Crippen molar-refractivity contribution in [1.29, 1.82) is 0 Å². The maximum absolute atomic E-state index is 13.2. The second kappa shape index (κ2) is 10.3. The van der Waals surface area contributed by atoms with Gasteiger partial charge in [0.2, 0.25) is 15.9 Å². The van der Waals surface area contributed by atoms with E-state index in [9.17, 15) is 18.0 Å². The Bertz CT molecular complexity index is 917. The zero-order chi connectivity index (χ0) is 23.5. The molecule has 2 aliphatic rings. The van der Waals surface area contributed by atoms with Crippen LogP contribution in [0.1, 0.15) is 44.5 Å². The lowest BCUT2D eigenvalue weighted by Gasteiger charge is -2.38. The number of carbonyl (C=O) groups is 2. The number of sulfonamides is 1. The average Bonchev–Trinajstić information content (AvgIpc) is 2.76. The van der Waals surface area contributed by atoms with Gasteiger partial charge in [-0.1, -0.05) is 33.8 Å². The van der Waals surface area contributed by atoms with E-state index in [1.807, 2.05) is 18.7 Å². The average molecular weight is 466 g/mol. The normalized spacial score (nSPS) is 23.7. The third-order valence-corrected chi connectivity index (χ3v) is 8.00. The molecule has 1 aromatic rings. The number of carbonyl (C=O) groups excluding carboxylic acids is 2. The van der Waals surface area contributed by atoms with Gasteiger partial charge in [0, 0.05) is 31.7 Å². The molecule has 1 aromatic carbocycles. The van der Waals surface area contributed by atoms with Crippen molar-refractivity contribution in [2.75, 3.05) is 39.4 Å². The van der Waals surface area contributed by atoms with E-state index < -0.39 is 22.0 Å². The van der Waals surface area contributed by atoms with Crippen LogP contribution in [0.4, 0.5) is 0 Å². The summed E-state index contributed by atoms with van der Waals surface area (Å²) in [7, 11) is -3.71. The first-order chi connectivity index (χ1) is 15.1. The van der Waals surface area contributed by atoms with E-state index in [1.54, 1.807) is 12.1 Å².